The van der Waals surface area contributed by atoms with Crippen LogP contribution in [-0.2, 0) is 38.4 Å². The van der Waals surface area contributed by atoms with Gasteiger partial charge in [0, 0.05) is 12.8 Å². The predicted octanol–water partition coefficient (Wildman–Crippen LogP) is 1.42. The Balaban J connectivity index is 1.76. The molecular weight excluding hydrogens is 562 g/mol. The van der Waals surface area contributed by atoms with Gasteiger partial charge in [-0.15, -0.1) is 0 Å². The Morgan fingerprint density at radius 1 is 0.614 bits per heavy atom. The van der Waals surface area contributed by atoms with Crippen LogP contribution in [0.1, 0.15) is 36.0 Å². The van der Waals surface area contributed by atoms with E-state index in [2.05, 4.69) is 16.0 Å². The first-order valence-electron chi connectivity index (χ1n) is 14.6. The van der Waals surface area contributed by atoms with Gasteiger partial charge >= 0.3 is 5.97 Å². The molecule has 0 fully saturated rings. The second-order valence-corrected chi connectivity index (χ2v) is 10.7. The van der Waals surface area contributed by atoms with E-state index in [9.17, 15) is 29.4 Å². The molecule has 3 aromatic rings. The van der Waals surface area contributed by atoms with Crippen molar-refractivity contribution in [2.75, 3.05) is 6.54 Å². The van der Waals surface area contributed by atoms with E-state index in [0.717, 1.165) is 11.1 Å². The van der Waals surface area contributed by atoms with Crippen molar-refractivity contribution in [2.45, 2.75) is 62.7 Å². The van der Waals surface area contributed by atoms with Crippen LogP contribution >= 0.6 is 0 Å². The number of hydrogen-bond acceptors (Lipinski definition) is 7. The lowest BCUT2D eigenvalue weighted by Gasteiger charge is -2.25. The molecule has 0 aliphatic rings. The fraction of sp³-hybridized carbons (Fsp3) is 0.333. The highest BCUT2D eigenvalue weighted by Crippen LogP contribution is 2.13. The molecule has 3 rings (SSSR count). The van der Waals surface area contributed by atoms with Crippen LogP contribution in [0.15, 0.2) is 84.9 Å². The van der Waals surface area contributed by atoms with Crippen molar-refractivity contribution in [1.82, 2.24) is 16.0 Å². The molecule has 4 unspecified atom stereocenters. The van der Waals surface area contributed by atoms with E-state index in [-0.39, 0.29) is 31.4 Å². The Morgan fingerprint density at radius 3 is 1.66 bits per heavy atom. The Labute approximate surface area is 257 Å². The third kappa shape index (κ3) is 11.2. The van der Waals surface area contributed by atoms with E-state index in [1.54, 1.807) is 36.4 Å². The van der Waals surface area contributed by atoms with Crippen LogP contribution in [-0.4, -0.2) is 64.6 Å². The van der Waals surface area contributed by atoms with Crippen LogP contribution in [0, 0.1) is 0 Å². The number of nitrogens with one attached hydrogen (secondary N) is 3. The normalized spacial score (nSPS) is 13.6. The Bertz CT molecular complexity index is 1350. The number of carbonyl (C=O) groups is 4. The van der Waals surface area contributed by atoms with Crippen LogP contribution in [0.2, 0.25) is 0 Å². The van der Waals surface area contributed by atoms with E-state index in [4.69, 9.17) is 11.5 Å². The largest absolute Gasteiger partial charge is 0.508 e. The summed E-state index contributed by atoms with van der Waals surface area (Å²) in [5.41, 5.74) is 14.0. The van der Waals surface area contributed by atoms with Gasteiger partial charge in [-0.2, -0.15) is 0 Å². The quantitative estimate of drug-likeness (QED) is 0.112. The molecule has 0 saturated heterocycles. The number of unbranched alkanes of at least 4 members (excludes halogenated alkanes) is 1. The minimum Gasteiger partial charge on any atom is -0.508 e. The number of phenolic OH excluding ortho intramolecular Hbond substituents is 1. The summed E-state index contributed by atoms with van der Waals surface area (Å²) in [5, 5.41) is 27.4. The highest BCUT2D eigenvalue weighted by molar-refractivity contribution is 5.94. The minimum absolute atomic E-state index is 0.0319. The first-order chi connectivity index (χ1) is 21.2. The number of amides is 3. The van der Waals surface area contributed by atoms with Gasteiger partial charge in [0.05, 0.1) is 6.04 Å². The second-order valence-electron chi connectivity index (χ2n) is 10.7. The number of aromatic hydroxyl groups is 1. The molecule has 4 atom stereocenters. The number of nitrogens with two attached hydrogens (primary N) is 2. The molecule has 0 heterocycles. The van der Waals surface area contributed by atoms with E-state index in [0.29, 0.717) is 24.9 Å². The van der Waals surface area contributed by atoms with Gasteiger partial charge in [-0.05, 0) is 61.1 Å². The summed E-state index contributed by atoms with van der Waals surface area (Å²) in [4.78, 5) is 52.2. The number of rotatable bonds is 17. The first kappa shape index (κ1) is 33.8. The molecule has 234 valence electrons. The Kier molecular flexibility index (Phi) is 13.3. The zero-order valence-electron chi connectivity index (χ0n) is 24.5. The topological polar surface area (TPSA) is 197 Å². The lowest BCUT2D eigenvalue weighted by atomic mass is 10.0. The van der Waals surface area contributed by atoms with Gasteiger partial charge in [-0.25, -0.2) is 4.79 Å². The highest BCUT2D eigenvalue weighted by atomic mass is 16.4. The minimum atomic E-state index is -1.29. The number of hydrogen-bond donors (Lipinski definition) is 7. The number of carboxylic acids is 1. The number of phenols is 1. The maximum absolute atomic E-state index is 13.6. The molecule has 11 heteroatoms. The van der Waals surface area contributed by atoms with E-state index in [1.807, 2.05) is 36.4 Å². The summed E-state index contributed by atoms with van der Waals surface area (Å²) in [6, 6.07) is 19.9. The fourth-order valence-corrected chi connectivity index (χ4v) is 4.67. The van der Waals surface area contributed by atoms with Crippen LogP contribution in [0.5, 0.6) is 5.75 Å². The van der Waals surface area contributed by atoms with Crippen molar-refractivity contribution in [3.8, 4) is 5.75 Å². The van der Waals surface area contributed by atoms with Gasteiger partial charge in [-0.3, -0.25) is 14.4 Å². The molecule has 3 amide bonds. The van der Waals surface area contributed by atoms with Crippen molar-refractivity contribution >= 4 is 23.7 Å². The summed E-state index contributed by atoms with van der Waals surface area (Å²) in [7, 11) is 0. The van der Waals surface area contributed by atoms with Crippen molar-refractivity contribution in [3.05, 3.63) is 102 Å². The summed E-state index contributed by atoms with van der Waals surface area (Å²) in [6.07, 6.45) is 1.77. The molecule has 3 aromatic carbocycles. The molecule has 0 bridgehead atoms. The third-order valence-electron chi connectivity index (χ3n) is 7.12. The van der Waals surface area contributed by atoms with Gasteiger partial charge in [0.25, 0.3) is 0 Å². The lowest BCUT2D eigenvalue weighted by molar-refractivity contribution is -0.142. The molecule has 0 radical (unpaired) electrons. The van der Waals surface area contributed by atoms with Crippen LogP contribution in [0.25, 0.3) is 0 Å². The molecule has 0 aliphatic carbocycles. The second kappa shape index (κ2) is 17.4. The van der Waals surface area contributed by atoms with Gasteiger partial charge in [-0.1, -0.05) is 72.8 Å². The average molecular weight is 604 g/mol. The zero-order valence-corrected chi connectivity index (χ0v) is 24.5. The van der Waals surface area contributed by atoms with E-state index in [1.165, 1.54) is 12.1 Å². The molecule has 11 nitrogen and oxygen atoms in total. The summed E-state index contributed by atoms with van der Waals surface area (Å²) < 4.78 is 0. The van der Waals surface area contributed by atoms with E-state index < -0.39 is 47.9 Å². The first-order valence-corrected chi connectivity index (χ1v) is 14.6. The van der Waals surface area contributed by atoms with Gasteiger partial charge < -0.3 is 37.6 Å². The van der Waals surface area contributed by atoms with Gasteiger partial charge in [0.15, 0.2) is 0 Å². The molecule has 44 heavy (non-hydrogen) atoms. The van der Waals surface area contributed by atoms with Gasteiger partial charge in [0.1, 0.15) is 23.9 Å². The van der Waals surface area contributed by atoms with Crippen molar-refractivity contribution < 1.29 is 29.4 Å². The number of carbonyl (C=O) groups excluding carboxylic acids is 3. The number of carboxylic acid groups (broad SMARTS) is 1. The monoisotopic (exact) mass is 603 g/mol. The molecule has 0 aliphatic heterocycles. The van der Waals surface area contributed by atoms with Crippen molar-refractivity contribution in [2.24, 2.45) is 11.5 Å². The fourth-order valence-electron chi connectivity index (χ4n) is 4.67. The molecular formula is C33H41N5O6. The summed E-state index contributed by atoms with van der Waals surface area (Å²) >= 11 is 0. The van der Waals surface area contributed by atoms with Crippen molar-refractivity contribution in [1.29, 1.82) is 0 Å². The van der Waals surface area contributed by atoms with Crippen LogP contribution in [0.4, 0.5) is 0 Å². The van der Waals surface area contributed by atoms with Crippen LogP contribution in [0.3, 0.4) is 0 Å². The maximum Gasteiger partial charge on any atom is 0.326 e. The molecule has 0 aromatic heterocycles. The summed E-state index contributed by atoms with van der Waals surface area (Å²) in [6.45, 7) is 0.409. The smallest absolute Gasteiger partial charge is 0.326 e. The standard InChI is InChI=1S/C33H41N5O6/c34-18-8-7-13-27(36-30(40)26(35)19-22-9-3-1-4-10-22)31(41)37-28(20-23-11-5-2-6-12-23)32(42)38-29(33(43)44)21-24-14-16-25(39)17-15-24/h1-6,9-12,14-17,26-29,39H,7-8,13,18-21,34-35H2,(H,36,40)(H,37,41)(H,38,42)(H,43,44). The Hall–Kier alpha value is -4.74. The van der Waals surface area contributed by atoms with Crippen LogP contribution < -0.4 is 27.4 Å². The summed E-state index contributed by atoms with van der Waals surface area (Å²) in [5.74, 6) is -3.02. The average Bonchev–Trinajstić information content (AvgIpc) is 3.01. The molecule has 9 N–H and O–H groups in total. The number of benzene rings is 3. The number of aliphatic carboxylic acids is 1. The predicted molar refractivity (Wildman–Crippen MR) is 166 cm³/mol. The van der Waals surface area contributed by atoms with E-state index >= 15 is 0 Å². The molecule has 0 saturated carbocycles. The molecule has 0 spiro atoms. The lowest BCUT2D eigenvalue weighted by Crippen LogP contribution is -2.58. The highest BCUT2D eigenvalue weighted by Gasteiger charge is 2.30. The zero-order chi connectivity index (χ0) is 31.9. The van der Waals surface area contributed by atoms with Crippen molar-refractivity contribution in [3.63, 3.8) is 0 Å². The maximum atomic E-state index is 13.6. The Morgan fingerprint density at radius 2 is 1.09 bits per heavy atom. The third-order valence-corrected chi connectivity index (χ3v) is 7.12. The SMILES string of the molecule is NCCCCC(NC(=O)C(N)Cc1ccccc1)C(=O)NC(Cc1ccccc1)C(=O)NC(Cc1ccc(O)cc1)C(=O)O. The van der Waals surface area contributed by atoms with Gasteiger partial charge in [0.2, 0.25) is 17.7 Å².